The van der Waals surface area contributed by atoms with Crippen LogP contribution in [0.2, 0.25) is 0 Å². The van der Waals surface area contributed by atoms with Crippen molar-refractivity contribution in [2.75, 3.05) is 37.6 Å². The van der Waals surface area contributed by atoms with Crippen LogP contribution in [0.5, 0.6) is 0 Å². The second-order valence-corrected chi connectivity index (χ2v) is 8.15. The van der Waals surface area contributed by atoms with Gasteiger partial charge in [-0.25, -0.2) is 0 Å². The molecule has 1 amide bonds. The van der Waals surface area contributed by atoms with Gasteiger partial charge < -0.3 is 15.5 Å². The van der Waals surface area contributed by atoms with E-state index in [0.29, 0.717) is 36.8 Å². The minimum atomic E-state index is -0.376. The molecule has 0 spiro atoms. The molecule has 0 aromatic heterocycles. The van der Waals surface area contributed by atoms with Crippen molar-refractivity contribution in [2.24, 2.45) is 17.1 Å². The summed E-state index contributed by atoms with van der Waals surface area (Å²) in [7, 11) is 0. The summed E-state index contributed by atoms with van der Waals surface area (Å²) in [4.78, 5) is 27.9. The molecule has 2 aliphatic rings. The molecular weight excluding hydrogens is 332 g/mol. The first-order valence-electron chi connectivity index (χ1n) is 9.36. The number of nitro groups is 1. The standard InChI is InChI=1S/C19H28N4O3/c1-14-4-3-8-21(11-14)16-6-5-15(10-17(16)23(25)26)18(24)22-9-7-19(2,12-20)13-22/h5-6,10,14H,3-4,7-9,11-13,20H2,1-2H3. The Morgan fingerprint density at radius 1 is 1.42 bits per heavy atom. The molecule has 142 valence electrons. The molecule has 2 heterocycles. The van der Waals surface area contributed by atoms with Gasteiger partial charge in [0, 0.05) is 37.8 Å². The van der Waals surface area contributed by atoms with Gasteiger partial charge in [0.2, 0.25) is 0 Å². The van der Waals surface area contributed by atoms with Crippen molar-refractivity contribution in [3.05, 3.63) is 33.9 Å². The highest BCUT2D eigenvalue weighted by molar-refractivity contribution is 5.96. The number of hydrogen-bond acceptors (Lipinski definition) is 5. The molecule has 0 bridgehead atoms. The van der Waals surface area contributed by atoms with E-state index in [9.17, 15) is 14.9 Å². The van der Waals surface area contributed by atoms with Crippen molar-refractivity contribution in [2.45, 2.75) is 33.1 Å². The summed E-state index contributed by atoms with van der Waals surface area (Å²) < 4.78 is 0. The van der Waals surface area contributed by atoms with Gasteiger partial charge in [-0.05, 0) is 49.3 Å². The fraction of sp³-hybridized carbons (Fsp3) is 0.632. The highest BCUT2D eigenvalue weighted by atomic mass is 16.6. The van der Waals surface area contributed by atoms with Crippen LogP contribution in [0.4, 0.5) is 11.4 Å². The highest BCUT2D eigenvalue weighted by Crippen LogP contribution is 2.34. The third-order valence-corrected chi connectivity index (χ3v) is 5.75. The Kier molecular flexibility index (Phi) is 5.18. The van der Waals surface area contributed by atoms with E-state index in [4.69, 9.17) is 5.73 Å². The van der Waals surface area contributed by atoms with Crippen LogP contribution in [-0.4, -0.2) is 48.5 Å². The lowest BCUT2D eigenvalue weighted by atomic mass is 9.90. The molecule has 1 aromatic carbocycles. The number of nitrogens with zero attached hydrogens (tertiary/aromatic N) is 3. The van der Waals surface area contributed by atoms with E-state index in [2.05, 4.69) is 18.7 Å². The Morgan fingerprint density at radius 3 is 2.81 bits per heavy atom. The minimum Gasteiger partial charge on any atom is -0.366 e. The highest BCUT2D eigenvalue weighted by Gasteiger charge is 2.36. The normalized spacial score (nSPS) is 26.2. The number of amides is 1. The zero-order valence-corrected chi connectivity index (χ0v) is 15.6. The number of carbonyl (C=O) groups excluding carboxylic acids is 1. The predicted molar refractivity (Wildman–Crippen MR) is 101 cm³/mol. The average Bonchev–Trinajstić information content (AvgIpc) is 3.03. The molecule has 0 saturated carbocycles. The smallest absolute Gasteiger partial charge is 0.293 e. The van der Waals surface area contributed by atoms with E-state index >= 15 is 0 Å². The van der Waals surface area contributed by atoms with Gasteiger partial charge in [-0.1, -0.05) is 13.8 Å². The minimum absolute atomic E-state index is 0.0192. The fourth-order valence-corrected chi connectivity index (χ4v) is 4.02. The summed E-state index contributed by atoms with van der Waals surface area (Å²) in [6.45, 7) is 7.64. The molecule has 2 aliphatic heterocycles. The molecule has 2 fully saturated rings. The second kappa shape index (κ2) is 7.23. The van der Waals surface area contributed by atoms with E-state index in [-0.39, 0.29) is 21.9 Å². The molecule has 1 aromatic rings. The Hall–Kier alpha value is -2.15. The molecule has 0 aliphatic carbocycles. The molecule has 7 nitrogen and oxygen atoms in total. The maximum atomic E-state index is 12.8. The average molecular weight is 360 g/mol. The summed E-state index contributed by atoms with van der Waals surface area (Å²) >= 11 is 0. The maximum absolute atomic E-state index is 12.8. The largest absolute Gasteiger partial charge is 0.366 e. The number of likely N-dealkylation sites (tertiary alicyclic amines) is 1. The molecule has 2 atom stereocenters. The van der Waals surface area contributed by atoms with Gasteiger partial charge in [-0.2, -0.15) is 0 Å². The van der Waals surface area contributed by atoms with Gasteiger partial charge in [0.25, 0.3) is 11.6 Å². The van der Waals surface area contributed by atoms with E-state index in [0.717, 1.165) is 32.4 Å². The number of nitrogens with two attached hydrogens (primary N) is 1. The molecule has 2 unspecified atom stereocenters. The van der Waals surface area contributed by atoms with Crippen LogP contribution < -0.4 is 10.6 Å². The third-order valence-electron chi connectivity index (χ3n) is 5.75. The Morgan fingerprint density at radius 2 is 2.19 bits per heavy atom. The van der Waals surface area contributed by atoms with Gasteiger partial charge in [0.05, 0.1) is 4.92 Å². The molecule has 2 N–H and O–H groups in total. The van der Waals surface area contributed by atoms with Crippen molar-refractivity contribution >= 4 is 17.3 Å². The summed E-state index contributed by atoms with van der Waals surface area (Å²) in [6, 6.07) is 4.90. The number of piperidine rings is 1. The van der Waals surface area contributed by atoms with Gasteiger partial charge in [-0.3, -0.25) is 14.9 Å². The molecule has 7 heteroatoms. The molecule has 2 saturated heterocycles. The van der Waals surface area contributed by atoms with Gasteiger partial charge >= 0.3 is 0 Å². The van der Waals surface area contributed by atoms with E-state index in [1.54, 1.807) is 17.0 Å². The van der Waals surface area contributed by atoms with E-state index in [1.807, 2.05) is 0 Å². The Bertz CT molecular complexity index is 708. The first kappa shape index (κ1) is 18.6. The fourth-order valence-electron chi connectivity index (χ4n) is 4.02. The topological polar surface area (TPSA) is 92.7 Å². The van der Waals surface area contributed by atoms with Crippen molar-refractivity contribution < 1.29 is 9.72 Å². The Labute approximate surface area is 154 Å². The number of benzene rings is 1. The lowest BCUT2D eigenvalue weighted by Crippen LogP contribution is -2.35. The second-order valence-electron chi connectivity index (χ2n) is 8.15. The van der Waals surface area contributed by atoms with Crippen LogP contribution in [0, 0.1) is 21.4 Å². The van der Waals surface area contributed by atoms with Crippen molar-refractivity contribution in [3.63, 3.8) is 0 Å². The van der Waals surface area contributed by atoms with Crippen LogP contribution >= 0.6 is 0 Å². The maximum Gasteiger partial charge on any atom is 0.293 e. The number of nitro benzene ring substituents is 1. The zero-order chi connectivity index (χ0) is 18.9. The number of hydrogen-bond donors (Lipinski definition) is 1. The molecule has 3 rings (SSSR count). The van der Waals surface area contributed by atoms with Crippen LogP contribution in [-0.2, 0) is 0 Å². The van der Waals surface area contributed by atoms with Gasteiger partial charge in [0.15, 0.2) is 0 Å². The summed E-state index contributed by atoms with van der Waals surface area (Å²) in [6.07, 6.45) is 3.04. The SMILES string of the molecule is CC1CCCN(c2ccc(C(=O)N3CCC(C)(CN)C3)cc2[N+](=O)[O-])C1. The van der Waals surface area contributed by atoms with Crippen LogP contribution in [0.1, 0.15) is 43.5 Å². The molecule has 26 heavy (non-hydrogen) atoms. The van der Waals surface area contributed by atoms with Crippen molar-refractivity contribution in [3.8, 4) is 0 Å². The lowest BCUT2D eigenvalue weighted by molar-refractivity contribution is -0.384. The number of carbonyl (C=O) groups is 1. The van der Waals surface area contributed by atoms with E-state index < -0.39 is 0 Å². The lowest BCUT2D eigenvalue weighted by Gasteiger charge is -2.32. The first-order chi connectivity index (χ1) is 12.3. The summed E-state index contributed by atoms with van der Waals surface area (Å²) in [5, 5.41) is 11.6. The van der Waals surface area contributed by atoms with Crippen molar-refractivity contribution in [1.82, 2.24) is 4.90 Å². The van der Waals surface area contributed by atoms with Crippen LogP contribution in [0.15, 0.2) is 18.2 Å². The molecule has 0 radical (unpaired) electrons. The first-order valence-corrected chi connectivity index (χ1v) is 9.36. The molecular formula is C19H28N4O3. The van der Waals surface area contributed by atoms with Crippen LogP contribution in [0.25, 0.3) is 0 Å². The summed E-state index contributed by atoms with van der Waals surface area (Å²) in [5.41, 5.74) is 6.77. The summed E-state index contributed by atoms with van der Waals surface area (Å²) in [5.74, 6) is 0.368. The third kappa shape index (κ3) is 3.67. The quantitative estimate of drug-likeness (QED) is 0.658. The monoisotopic (exact) mass is 360 g/mol. The zero-order valence-electron chi connectivity index (χ0n) is 15.6. The van der Waals surface area contributed by atoms with Gasteiger partial charge in [-0.15, -0.1) is 0 Å². The van der Waals surface area contributed by atoms with Crippen LogP contribution in [0.3, 0.4) is 0 Å². The number of anilines is 1. The van der Waals surface area contributed by atoms with Crippen molar-refractivity contribution in [1.29, 1.82) is 0 Å². The van der Waals surface area contributed by atoms with Gasteiger partial charge in [0.1, 0.15) is 5.69 Å². The van der Waals surface area contributed by atoms with E-state index in [1.165, 1.54) is 6.07 Å². The predicted octanol–water partition coefficient (Wildman–Crippen LogP) is 2.64. The number of rotatable bonds is 4. The Balaban J connectivity index is 1.84.